The van der Waals surface area contributed by atoms with Crippen LogP contribution in [0.15, 0.2) is 36.5 Å². The van der Waals surface area contributed by atoms with Crippen LogP contribution >= 0.6 is 0 Å². The van der Waals surface area contributed by atoms with Gasteiger partial charge in [-0.15, -0.1) is 0 Å². The van der Waals surface area contributed by atoms with Crippen LogP contribution in [-0.4, -0.2) is 40.3 Å². The van der Waals surface area contributed by atoms with Crippen molar-refractivity contribution < 1.29 is 19.0 Å². The van der Waals surface area contributed by atoms with Gasteiger partial charge in [0.15, 0.2) is 0 Å². The molecule has 190 valence electrons. The standard InChI is InChI=1S/C28H38FN3O3/c1-18(33)32-23(13-19-6-8-21(29)9-7-19)25(34)17-30-24-15-28(10-5-11-28)35-26-22(24)12-20(16-31-26)14-27(2,3)4/h6-9,12,16,23-25,30,34H,5,10-11,13-15,17H2,1-4H3,(H,32,33)/t23-,24-,25-/m0/s1. The number of carbonyl (C=O) groups is 1. The zero-order valence-electron chi connectivity index (χ0n) is 21.2. The van der Waals surface area contributed by atoms with E-state index in [0.29, 0.717) is 18.8 Å². The second-order valence-electron chi connectivity index (χ2n) is 11.5. The number of rotatable bonds is 8. The van der Waals surface area contributed by atoms with E-state index in [1.807, 2.05) is 6.20 Å². The van der Waals surface area contributed by atoms with Crippen LogP contribution in [0.4, 0.5) is 4.39 Å². The van der Waals surface area contributed by atoms with Gasteiger partial charge in [0.05, 0.1) is 12.1 Å². The molecule has 7 heteroatoms. The molecular weight excluding hydrogens is 445 g/mol. The minimum absolute atomic E-state index is 0.00455. The molecule has 2 heterocycles. The van der Waals surface area contributed by atoms with Gasteiger partial charge >= 0.3 is 0 Å². The summed E-state index contributed by atoms with van der Waals surface area (Å²) in [5, 5.41) is 17.5. The Kier molecular flexibility index (Phi) is 7.48. The SMILES string of the molecule is CC(=O)N[C@@H](Cc1ccc(F)cc1)[C@@H](O)CN[C@H]1CC2(CCC2)Oc2ncc(CC(C)(C)C)cc21. The first-order valence-electron chi connectivity index (χ1n) is 12.6. The number of aliphatic hydroxyl groups excluding tert-OH is 1. The summed E-state index contributed by atoms with van der Waals surface area (Å²) in [5.41, 5.74) is 3.02. The van der Waals surface area contributed by atoms with Crippen LogP contribution in [0.25, 0.3) is 0 Å². The fourth-order valence-electron chi connectivity index (χ4n) is 5.17. The van der Waals surface area contributed by atoms with E-state index < -0.39 is 12.1 Å². The highest BCUT2D eigenvalue weighted by atomic mass is 19.1. The number of amides is 1. The molecule has 1 aromatic heterocycles. The first kappa shape index (κ1) is 25.6. The van der Waals surface area contributed by atoms with E-state index in [2.05, 4.69) is 42.5 Å². The number of nitrogens with one attached hydrogen (secondary N) is 2. The van der Waals surface area contributed by atoms with Crippen LogP contribution in [0, 0.1) is 11.2 Å². The van der Waals surface area contributed by atoms with Crippen molar-refractivity contribution in [3.63, 3.8) is 0 Å². The minimum atomic E-state index is -0.821. The lowest BCUT2D eigenvalue weighted by Gasteiger charge is -2.47. The molecule has 2 aliphatic rings. The van der Waals surface area contributed by atoms with Crippen LogP contribution in [-0.2, 0) is 17.6 Å². The summed E-state index contributed by atoms with van der Waals surface area (Å²) >= 11 is 0. The number of aliphatic hydroxyl groups is 1. The van der Waals surface area contributed by atoms with Gasteiger partial charge in [0.2, 0.25) is 11.8 Å². The lowest BCUT2D eigenvalue weighted by atomic mass is 9.73. The number of fused-ring (bicyclic) bond motifs is 1. The van der Waals surface area contributed by atoms with Crippen LogP contribution < -0.4 is 15.4 Å². The third-order valence-electron chi connectivity index (χ3n) is 6.99. The van der Waals surface area contributed by atoms with Gasteiger partial charge in [0.1, 0.15) is 11.4 Å². The maximum absolute atomic E-state index is 13.3. The third kappa shape index (κ3) is 6.58. The summed E-state index contributed by atoms with van der Waals surface area (Å²) in [7, 11) is 0. The molecule has 2 aromatic rings. The lowest BCUT2D eigenvalue weighted by Crippen LogP contribution is -2.52. The molecule has 0 saturated heterocycles. The fraction of sp³-hybridized carbons (Fsp3) is 0.571. The molecule has 6 nitrogen and oxygen atoms in total. The van der Waals surface area contributed by atoms with Crippen molar-refractivity contribution in [3.05, 3.63) is 59.0 Å². The quantitative estimate of drug-likeness (QED) is 0.523. The topological polar surface area (TPSA) is 83.5 Å². The first-order valence-corrected chi connectivity index (χ1v) is 12.6. The molecule has 1 saturated carbocycles. The molecule has 4 rings (SSSR count). The van der Waals surface area contributed by atoms with Crippen molar-refractivity contribution >= 4 is 5.91 Å². The maximum Gasteiger partial charge on any atom is 0.218 e. The number of pyridine rings is 1. The summed E-state index contributed by atoms with van der Waals surface area (Å²) < 4.78 is 19.7. The Balaban J connectivity index is 1.49. The normalized spacial score (nSPS) is 20.3. The van der Waals surface area contributed by atoms with E-state index in [1.165, 1.54) is 24.6 Å². The van der Waals surface area contributed by atoms with Crippen molar-refractivity contribution in [2.24, 2.45) is 5.41 Å². The summed E-state index contributed by atoms with van der Waals surface area (Å²) in [6, 6.07) is 7.85. The molecule has 1 aliphatic heterocycles. The number of aromatic nitrogens is 1. The predicted molar refractivity (Wildman–Crippen MR) is 134 cm³/mol. The monoisotopic (exact) mass is 483 g/mol. The number of hydrogen-bond donors (Lipinski definition) is 3. The van der Waals surface area contributed by atoms with E-state index in [1.54, 1.807) is 12.1 Å². The Morgan fingerprint density at radius 2 is 1.97 bits per heavy atom. The minimum Gasteiger partial charge on any atom is -0.471 e. The van der Waals surface area contributed by atoms with Crippen molar-refractivity contribution in [1.29, 1.82) is 0 Å². The largest absolute Gasteiger partial charge is 0.471 e. The highest BCUT2D eigenvalue weighted by molar-refractivity contribution is 5.73. The smallest absolute Gasteiger partial charge is 0.218 e. The number of nitrogens with zero attached hydrogens (tertiary/aromatic N) is 1. The van der Waals surface area contributed by atoms with Crippen molar-refractivity contribution in [2.45, 2.75) is 90.0 Å². The van der Waals surface area contributed by atoms with Crippen LogP contribution in [0.1, 0.15) is 76.1 Å². The van der Waals surface area contributed by atoms with Crippen molar-refractivity contribution in [2.75, 3.05) is 6.54 Å². The molecule has 0 bridgehead atoms. The molecule has 1 fully saturated rings. The second-order valence-corrected chi connectivity index (χ2v) is 11.5. The molecule has 3 atom stereocenters. The fourth-order valence-corrected chi connectivity index (χ4v) is 5.17. The number of hydrogen-bond acceptors (Lipinski definition) is 5. The molecule has 35 heavy (non-hydrogen) atoms. The molecule has 3 N–H and O–H groups in total. The van der Waals surface area contributed by atoms with Gasteiger partial charge in [-0.2, -0.15) is 0 Å². The van der Waals surface area contributed by atoms with E-state index in [0.717, 1.165) is 43.2 Å². The van der Waals surface area contributed by atoms with Gasteiger partial charge in [-0.25, -0.2) is 9.37 Å². The van der Waals surface area contributed by atoms with Crippen molar-refractivity contribution in [3.8, 4) is 5.88 Å². The summed E-state index contributed by atoms with van der Waals surface area (Å²) in [6.45, 7) is 8.37. The van der Waals surface area contributed by atoms with Crippen LogP contribution in [0.3, 0.4) is 0 Å². The Morgan fingerprint density at radius 1 is 1.26 bits per heavy atom. The average Bonchev–Trinajstić information content (AvgIpc) is 2.75. The Hall–Kier alpha value is -2.51. The van der Waals surface area contributed by atoms with Crippen molar-refractivity contribution in [1.82, 2.24) is 15.6 Å². The van der Waals surface area contributed by atoms with Crippen LogP contribution in [0.5, 0.6) is 5.88 Å². The van der Waals surface area contributed by atoms with Gasteiger partial charge in [-0.3, -0.25) is 4.79 Å². The molecule has 1 amide bonds. The van der Waals surface area contributed by atoms with Gasteiger partial charge in [0, 0.05) is 37.7 Å². The van der Waals surface area contributed by atoms with Gasteiger partial charge < -0.3 is 20.5 Å². The molecular formula is C28H38FN3O3. The average molecular weight is 484 g/mol. The Morgan fingerprint density at radius 3 is 2.57 bits per heavy atom. The first-order chi connectivity index (χ1) is 16.5. The van der Waals surface area contributed by atoms with Gasteiger partial charge in [-0.05, 0) is 66.8 Å². The van der Waals surface area contributed by atoms with E-state index in [-0.39, 0.29) is 28.8 Å². The Bertz CT molecular complexity index is 1030. The molecule has 0 radical (unpaired) electrons. The lowest BCUT2D eigenvalue weighted by molar-refractivity contribution is -0.120. The number of carbonyl (C=O) groups excluding carboxylic acids is 1. The Labute approximate surface area is 207 Å². The van der Waals surface area contributed by atoms with Gasteiger partial charge in [-0.1, -0.05) is 32.9 Å². The molecule has 0 unspecified atom stereocenters. The van der Waals surface area contributed by atoms with E-state index >= 15 is 0 Å². The zero-order valence-corrected chi connectivity index (χ0v) is 21.2. The van der Waals surface area contributed by atoms with Gasteiger partial charge in [0.25, 0.3) is 0 Å². The highest BCUT2D eigenvalue weighted by Crippen LogP contribution is 2.48. The predicted octanol–water partition coefficient (Wildman–Crippen LogP) is 4.25. The number of ether oxygens (including phenoxy) is 1. The molecule has 1 aromatic carbocycles. The summed E-state index contributed by atoms with van der Waals surface area (Å²) in [5.74, 6) is 0.164. The van der Waals surface area contributed by atoms with E-state index in [9.17, 15) is 14.3 Å². The second kappa shape index (κ2) is 10.2. The summed E-state index contributed by atoms with van der Waals surface area (Å²) in [4.78, 5) is 16.5. The number of halogens is 1. The molecule has 1 aliphatic carbocycles. The third-order valence-corrected chi connectivity index (χ3v) is 6.99. The highest BCUT2D eigenvalue weighted by Gasteiger charge is 2.46. The maximum atomic E-state index is 13.3. The molecule has 1 spiro atoms. The van der Waals surface area contributed by atoms with Crippen LogP contribution in [0.2, 0.25) is 0 Å². The number of benzene rings is 1. The zero-order chi connectivity index (χ0) is 25.2. The summed E-state index contributed by atoms with van der Waals surface area (Å²) in [6.07, 6.45) is 6.42. The van der Waals surface area contributed by atoms with E-state index in [4.69, 9.17) is 4.74 Å².